The number of carbonyl (C=O) groups excluding carboxylic acids is 3. The van der Waals surface area contributed by atoms with Crippen molar-refractivity contribution in [3.63, 3.8) is 0 Å². The molecule has 0 saturated heterocycles. The molecule has 0 aliphatic heterocycles. The molecule has 0 aromatic heterocycles. The third-order valence-corrected chi connectivity index (χ3v) is 2.73. The van der Waals surface area contributed by atoms with Crippen LogP contribution in [0.1, 0.15) is 30.6 Å². The summed E-state index contributed by atoms with van der Waals surface area (Å²) >= 11 is 0. The second-order valence-electron chi connectivity index (χ2n) is 4.41. The molecule has 7 heteroatoms. The van der Waals surface area contributed by atoms with Crippen molar-refractivity contribution in [2.45, 2.75) is 26.3 Å². The maximum absolute atomic E-state index is 12.1. The van der Waals surface area contributed by atoms with Gasteiger partial charge in [0.15, 0.2) is 0 Å². The number of hydrogen-bond acceptors (Lipinski definition) is 6. The number of benzene rings is 1. The number of hydrogen-bond donors (Lipinski definition) is 2. The average molecular weight is 308 g/mol. The van der Waals surface area contributed by atoms with Crippen LogP contribution in [0, 0.1) is 0 Å². The summed E-state index contributed by atoms with van der Waals surface area (Å²) in [5, 5.41) is 2.47. The Balaban J connectivity index is 2.78. The summed E-state index contributed by atoms with van der Waals surface area (Å²) in [7, 11) is 0. The minimum atomic E-state index is -1.09. The van der Waals surface area contributed by atoms with Gasteiger partial charge in [-0.25, -0.2) is 4.79 Å². The van der Waals surface area contributed by atoms with E-state index in [0.717, 1.165) is 0 Å². The van der Waals surface area contributed by atoms with E-state index in [1.807, 2.05) is 0 Å². The molecular weight excluding hydrogens is 288 g/mol. The van der Waals surface area contributed by atoms with E-state index in [1.165, 1.54) is 12.1 Å². The van der Waals surface area contributed by atoms with Gasteiger partial charge in [0.25, 0.3) is 5.91 Å². The van der Waals surface area contributed by atoms with Gasteiger partial charge in [0.05, 0.1) is 19.6 Å². The molecule has 22 heavy (non-hydrogen) atoms. The van der Waals surface area contributed by atoms with Crippen molar-refractivity contribution in [1.29, 1.82) is 0 Å². The smallest absolute Gasteiger partial charge is 0.329 e. The Labute approximate surface area is 128 Å². The molecule has 0 fully saturated rings. The lowest BCUT2D eigenvalue weighted by molar-refractivity contribution is -0.152. The summed E-state index contributed by atoms with van der Waals surface area (Å²) in [6, 6.07) is 5.09. The molecule has 0 radical (unpaired) electrons. The van der Waals surface area contributed by atoms with E-state index in [-0.39, 0.29) is 19.6 Å². The number of amides is 1. The van der Waals surface area contributed by atoms with Crippen LogP contribution in [0.2, 0.25) is 0 Å². The molecule has 1 rings (SSSR count). The van der Waals surface area contributed by atoms with E-state index in [9.17, 15) is 14.4 Å². The van der Waals surface area contributed by atoms with Gasteiger partial charge in [-0.3, -0.25) is 9.59 Å². The first-order valence-corrected chi connectivity index (χ1v) is 6.96. The summed E-state index contributed by atoms with van der Waals surface area (Å²) in [6.45, 7) is 3.64. The fourth-order valence-corrected chi connectivity index (χ4v) is 1.70. The molecule has 0 unspecified atom stereocenters. The van der Waals surface area contributed by atoms with Crippen LogP contribution < -0.4 is 11.1 Å². The molecule has 3 N–H and O–H groups in total. The maximum Gasteiger partial charge on any atom is 0.329 e. The third kappa shape index (κ3) is 5.43. The number of anilines is 1. The number of carbonyl (C=O) groups is 3. The third-order valence-electron chi connectivity index (χ3n) is 2.73. The van der Waals surface area contributed by atoms with E-state index < -0.39 is 23.9 Å². The van der Waals surface area contributed by atoms with Gasteiger partial charge in [0.2, 0.25) is 0 Å². The van der Waals surface area contributed by atoms with Gasteiger partial charge >= 0.3 is 11.9 Å². The van der Waals surface area contributed by atoms with Crippen molar-refractivity contribution in [3.8, 4) is 0 Å². The first kappa shape index (κ1) is 17.5. The Bertz CT molecular complexity index is 527. The molecule has 0 aliphatic rings. The SMILES string of the molecule is CCOC(=O)C[C@H](NC(=O)c1ccc(N)cc1)C(=O)OCC. The molecule has 0 bridgehead atoms. The number of rotatable bonds is 7. The summed E-state index contributed by atoms with van der Waals surface area (Å²) in [5.74, 6) is -1.76. The van der Waals surface area contributed by atoms with Crippen LogP contribution in [0.5, 0.6) is 0 Å². The van der Waals surface area contributed by atoms with Crippen LogP contribution in [0.4, 0.5) is 5.69 Å². The minimum Gasteiger partial charge on any atom is -0.466 e. The highest BCUT2D eigenvalue weighted by molar-refractivity contribution is 5.97. The molecular formula is C15H20N2O5. The summed E-state index contributed by atoms with van der Waals surface area (Å²) in [5.41, 5.74) is 6.39. The van der Waals surface area contributed by atoms with Crippen molar-refractivity contribution in [1.82, 2.24) is 5.32 Å². The van der Waals surface area contributed by atoms with E-state index in [1.54, 1.807) is 26.0 Å². The molecule has 1 aromatic rings. The van der Waals surface area contributed by atoms with Crippen LogP contribution in [0.3, 0.4) is 0 Å². The predicted octanol–water partition coefficient (Wildman–Crippen LogP) is 0.883. The van der Waals surface area contributed by atoms with Gasteiger partial charge in [-0.1, -0.05) is 0 Å². The fraction of sp³-hybridized carbons (Fsp3) is 0.400. The van der Waals surface area contributed by atoms with Gasteiger partial charge in [0.1, 0.15) is 6.04 Å². The molecule has 7 nitrogen and oxygen atoms in total. The molecule has 1 amide bonds. The van der Waals surface area contributed by atoms with Crippen LogP contribution >= 0.6 is 0 Å². The molecule has 120 valence electrons. The normalized spacial score (nSPS) is 11.4. The summed E-state index contributed by atoms with van der Waals surface area (Å²) in [6.07, 6.45) is -0.284. The van der Waals surface area contributed by atoms with E-state index in [0.29, 0.717) is 11.3 Å². The standard InChI is InChI=1S/C15H20N2O5/c1-3-21-13(18)9-12(15(20)22-4-2)17-14(19)10-5-7-11(16)8-6-10/h5-8,12H,3-4,9,16H2,1-2H3,(H,17,19)/t12-/m0/s1. The Morgan fingerprint density at radius 1 is 1.09 bits per heavy atom. The van der Waals surface area contributed by atoms with E-state index in [2.05, 4.69) is 5.32 Å². The lowest BCUT2D eigenvalue weighted by atomic mass is 10.1. The molecule has 1 atom stereocenters. The van der Waals surface area contributed by atoms with Gasteiger partial charge in [0, 0.05) is 11.3 Å². The molecule has 0 spiro atoms. The first-order chi connectivity index (χ1) is 10.5. The molecule has 0 heterocycles. The quantitative estimate of drug-likeness (QED) is 0.572. The minimum absolute atomic E-state index is 0.149. The Morgan fingerprint density at radius 2 is 1.68 bits per heavy atom. The van der Waals surface area contributed by atoms with Crippen LogP contribution in [0.15, 0.2) is 24.3 Å². The zero-order valence-corrected chi connectivity index (χ0v) is 12.6. The summed E-state index contributed by atoms with van der Waals surface area (Å²) in [4.78, 5) is 35.5. The molecule has 0 aliphatic carbocycles. The average Bonchev–Trinajstić information content (AvgIpc) is 2.47. The topological polar surface area (TPSA) is 108 Å². The number of esters is 2. The highest BCUT2D eigenvalue weighted by Gasteiger charge is 2.26. The second-order valence-corrected chi connectivity index (χ2v) is 4.41. The van der Waals surface area contributed by atoms with Crippen molar-refractivity contribution >= 4 is 23.5 Å². The second kappa shape index (κ2) is 8.66. The van der Waals surface area contributed by atoms with Crippen LogP contribution in [0.25, 0.3) is 0 Å². The van der Waals surface area contributed by atoms with E-state index >= 15 is 0 Å². The Morgan fingerprint density at radius 3 is 2.23 bits per heavy atom. The number of ether oxygens (including phenoxy) is 2. The zero-order chi connectivity index (χ0) is 16.5. The zero-order valence-electron chi connectivity index (χ0n) is 12.6. The number of nitrogens with one attached hydrogen (secondary N) is 1. The fourth-order valence-electron chi connectivity index (χ4n) is 1.70. The van der Waals surface area contributed by atoms with E-state index in [4.69, 9.17) is 15.2 Å². The lowest BCUT2D eigenvalue weighted by Gasteiger charge is -2.16. The Hall–Kier alpha value is -2.57. The monoisotopic (exact) mass is 308 g/mol. The van der Waals surface area contributed by atoms with Crippen molar-refractivity contribution in [2.24, 2.45) is 0 Å². The van der Waals surface area contributed by atoms with Crippen molar-refractivity contribution in [2.75, 3.05) is 18.9 Å². The van der Waals surface area contributed by atoms with Crippen molar-refractivity contribution in [3.05, 3.63) is 29.8 Å². The number of nitrogens with two attached hydrogens (primary N) is 1. The number of nitrogen functional groups attached to an aromatic ring is 1. The predicted molar refractivity (Wildman–Crippen MR) is 80.0 cm³/mol. The Kier molecular flexibility index (Phi) is 6.88. The highest BCUT2D eigenvalue weighted by Crippen LogP contribution is 2.07. The molecule has 0 saturated carbocycles. The van der Waals surface area contributed by atoms with Gasteiger partial charge in [-0.2, -0.15) is 0 Å². The lowest BCUT2D eigenvalue weighted by Crippen LogP contribution is -2.43. The van der Waals surface area contributed by atoms with Gasteiger partial charge in [-0.15, -0.1) is 0 Å². The van der Waals surface area contributed by atoms with Crippen LogP contribution in [-0.4, -0.2) is 37.1 Å². The largest absolute Gasteiger partial charge is 0.466 e. The first-order valence-electron chi connectivity index (χ1n) is 6.96. The van der Waals surface area contributed by atoms with Crippen molar-refractivity contribution < 1.29 is 23.9 Å². The molecule has 1 aromatic carbocycles. The maximum atomic E-state index is 12.1. The summed E-state index contributed by atoms with van der Waals surface area (Å²) < 4.78 is 9.65. The van der Waals surface area contributed by atoms with Gasteiger partial charge in [-0.05, 0) is 38.1 Å². The highest BCUT2D eigenvalue weighted by atomic mass is 16.5. The van der Waals surface area contributed by atoms with Crippen LogP contribution in [-0.2, 0) is 19.1 Å². The van der Waals surface area contributed by atoms with Gasteiger partial charge < -0.3 is 20.5 Å².